The van der Waals surface area contributed by atoms with Crippen LogP contribution in [-0.2, 0) is 11.8 Å². The molecule has 0 saturated carbocycles. The van der Waals surface area contributed by atoms with Crippen molar-refractivity contribution < 1.29 is 9.59 Å². The molecule has 0 bridgehead atoms. The molecule has 3 heterocycles. The Morgan fingerprint density at radius 3 is 2.92 bits per heavy atom. The van der Waals surface area contributed by atoms with Crippen LogP contribution in [0.1, 0.15) is 16.9 Å². The van der Waals surface area contributed by atoms with Crippen LogP contribution in [-0.4, -0.2) is 50.4 Å². The summed E-state index contributed by atoms with van der Waals surface area (Å²) in [5.74, 6) is 0.0408. The van der Waals surface area contributed by atoms with E-state index < -0.39 is 5.91 Å². The van der Waals surface area contributed by atoms with Crippen LogP contribution >= 0.6 is 0 Å². The molecule has 1 saturated heterocycles. The molecule has 136 valence electrons. The summed E-state index contributed by atoms with van der Waals surface area (Å²) >= 11 is 0. The van der Waals surface area contributed by atoms with Gasteiger partial charge in [-0.25, -0.2) is 9.97 Å². The largest absolute Gasteiger partial charge is 0.364 e. The van der Waals surface area contributed by atoms with Crippen LogP contribution in [0.5, 0.6) is 0 Å². The molecule has 26 heavy (non-hydrogen) atoms. The van der Waals surface area contributed by atoms with Gasteiger partial charge >= 0.3 is 0 Å². The third-order valence-corrected chi connectivity index (χ3v) is 4.13. The van der Waals surface area contributed by atoms with Gasteiger partial charge in [-0.1, -0.05) is 6.58 Å². The predicted molar refractivity (Wildman–Crippen MR) is 98.1 cm³/mol. The molecular formula is C17H21N7O2. The zero-order chi connectivity index (χ0) is 18.7. The number of likely N-dealkylation sites (tertiary alicyclic amines) is 1. The molecule has 0 aliphatic carbocycles. The van der Waals surface area contributed by atoms with E-state index in [9.17, 15) is 9.59 Å². The number of aryl methyl sites for hydroxylation is 1. The maximum Gasteiger partial charge on any atom is 0.271 e. The van der Waals surface area contributed by atoms with Crippen molar-refractivity contribution in [2.24, 2.45) is 12.8 Å². The molecule has 2 aromatic heterocycles. The van der Waals surface area contributed by atoms with Gasteiger partial charge in [-0.15, -0.1) is 0 Å². The van der Waals surface area contributed by atoms with Crippen molar-refractivity contribution in [2.75, 3.05) is 23.7 Å². The Kier molecular flexibility index (Phi) is 4.87. The van der Waals surface area contributed by atoms with Crippen molar-refractivity contribution in [2.45, 2.75) is 12.5 Å². The summed E-state index contributed by atoms with van der Waals surface area (Å²) in [4.78, 5) is 33.6. The second-order valence-corrected chi connectivity index (χ2v) is 6.13. The lowest BCUT2D eigenvalue weighted by molar-refractivity contribution is -0.125. The van der Waals surface area contributed by atoms with Crippen LogP contribution in [0.4, 0.5) is 17.3 Å². The van der Waals surface area contributed by atoms with Gasteiger partial charge in [0.15, 0.2) is 11.5 Å². The summed E-state index contributed by atoms with van der Waals surface area (Å²) in [6.45, 7) is 4.72. The number of hydrogen-bond donors (Lipinski definition) is 3. The van der Waals surface area contributed by atoms with E-state index in [0.29, 0.717) is 18.9 Å². The number of primary amides is 1. The quantitative estimate of drug-likeness (QED) is 0.661. The van der Waals surface area contributed by atoms with E-state index in [-0.39, 0.29) is 23.5 Å². The van der Waals surface area contributed by atoms with E-state index >= 15 is 0 Å². The lowest BCUT2D eigenvalue weighted by Gasteiger charge is -2.16. The molecule has 1 fully saturated rings. The van der Waals surface area contributed by atoms with Crippen LogP contribution in [0.3, 0.4) is 0 Å². The molecule has 2 aromatic rings. The van der Waals surface area contributed by atoms with Crippen molar-refractivity contribution >= 4 is 29.1 Å². The Morgan fingerprint density at radius 1 is 1.46 bits per heavy atom. The summed E-state index contributed by atoms with van der Waals surface area (Å²) in [5, 5.41) is 6.31. The van der Waals surface area contributed by atoms with E-state index in [1.54, 1.807) is 4.90 Å². The number of amides is 2. The molecule has 9 nitrogen and oxygen atoms in total. The number of carbonyl (C=O) groups is 2. The summed E-state index contributed by atoms with van der Waals surface area (Å²) in [6, 6.07) is 1.90. The van der Waals surface area contributed by atoms with Crippen molar-refractivity contribution in [1.82, 2.24) is 19.4 Å². The van der Waals surface area contributed by atoms with Gasteiger partial charge in [0.1, 0.15) is 5.82 Å². The Labute approximate surface area is 150 Å². The first kappa shape index (κ1) is 17.5. The molecule has 3 rings (SSSR count). The Hall–Kier alpha value is -3.36. The van der Waals surface area contributed by atoms with Crippen LogP contribution in [0, 0.1) is 0 Å². The van der Waals surface area contributed by atoms with E-state index in [0.717, 1.165) is 12.1 Å². The number of nitrogens with two attached hydrogens (primary N) is 1. The molecule has 0 unspecified atom stereocenters. The van der Waals surface area contributed by atoms with Crippen molar-refractivity contribution in [3.05, 3.63) is 43.0 Å². The molecule has 0 radical (unpaired) electrons. The Bertz CT molecular complexity index is 845. The summed E-state index contributed by atoms with van der Waals surface area (Å²) in [7, 11) is 1.89. The van der Waals surface area contributed by atoms with Gasteiger partial charge in [-0.05, 0) is 18.6 Å². The second kappa shape index (κ2) is 7.26. The first-order valence-electron chi connectivity index (χ1n) is 8.20. The molecule has 1 atom stereocenters. The zero-order valence-corrected chi connectivity index (χ0v) is 14.5. The fourth-order valence-corrected chi connectivity index (χ4v) is 2.86. The van der Waals surface area contributed by atoms with Crippen LogP contribution in [0.2, 0.25) is 0 Å². The standard InChI is InChI=1S/C17H21N7O2/c1-3-14(25)24-7-5-12(10-24)20-13-8-19-15(16(18)26)17(22-13)21-11-4-6-23(2)9-11/h3-4,6,8-9,12H,1,5,7,10H2,2H3,(H2,18,26)(H2,20,21,22)/t12-/m1/s1. The number of rotatable bonds is 6. The maximum absolute atomic E-state index is 11.7. The third kappa shape index (κ3) is 3.82. The van der Waals surface area contributed by atoms with Gasteiger partial charge < -0.3 is 25.8 Å². The lowest BCUT2D eigenvalue weighted by Crippen LogP contribution is -2.30. The SMILES string of the molecule is C=CC(=O)N1CC[C@@H](Nc2cnc(C(N)=O)c(Nc3ccn(C)c3)n2)C1. The minimum atomic E-state index is -0.661. The lowest BCUT2D eigenvalue weighted by atomic mass is 10.2. The maximum atomic E-state index is 11.7. The summed E-state index contributed by atoms with van der Waals surface area (Å²) in [6.07, 6.45) is 7.29. The van der Waals surface area contributed by atoms with Crippen molar-refractivity contribution in [3.63, 3.8) is 0 Å². The van der Waals surface area contributed by atoms with E-state index in [1.165, 1.54) is 12.3 Å². The van der Waals surface area contributed by atoms with Gasteiger partial charge in [0.2, 0.25) is 5.91 Å². The highest BCUT2D eigenvalue weighted by Crippen LogP contribution is 2.21. The molecule has 2 amide bonds. The van der Waals surface area contributed by atoms with E-state index in [1.807, 2.05) is 30.1 Å². The van der Waals surface area contributed by atoms with Gasteiger partial charge in [-0.2, -0.15) is 0 Å². The van der Waals surface area contributed by atoms with Crippen LogP contribution in [0.25, 0.3) is 0 Å². The van der Waals surface area contributed by atoms with Gasteiger partial charge in [0.05, 0.1) is 11.9 Å². The second-order valence-electron chi connectivity index (χ2n) is 6.13. The average Bonchev–Trinajstić information content (AvgIpc) is 3.23. The van der Waals surface area contributed by atoms with E-state index in [4.69, 9.17) is 5.73 Å². The van der Waals surface area contributed by atoms with Gasteiger partial charge in [0.25, 0.3) is 5.91 Å². The highest BCUT2D eigenvalue weighted by atomic mass is 16.2. The number of nitrogens with zero attached hydrogens (tertiary/aromatic N) is 4. The summed E-state index contributed by atoms with van der Waals surface area (Å²) < 4.78 is 1.87. The average molecular weight is 355 g/mol. The number of carbonyl (C=O) groups excluding carboxylic acids is 2. The normalized spacial score (nSPS) is 16.3. The first-order chi connectivity index (χ1) is 12.5. The van der Waals surface area contributed by atoms with Crippen molar-refractivity contribution in [1.29, 1.82) is 0 Å². The van der Waals surface area contributed by atoms with Gasteiger partial charge in [-0.3, -0.25) is 9.59 Å². The van der Waals surface area contributed by atoms with Gasteiger partial charge in [0, 0.05) is 38.6 Å². The number of aromatic nitrogens is 3. The fourth-order valence-electron chi connectivity index (χ4n) is 2.86. The smallest absolute Gasteiger partial charge is 0.271 e. The van der Waals surface area contributed by atoms with Crippen LogP contribution in [0.15, 0.2) is 37.3 Å². The molecule has 0 spiro atoms. The topological polar surface area (TPSA) is 118 Å². The summed E-state index contributed by atoms with van der Waals surface area (Å²) in [5.41, 5.74) is 6.23. The zero-order valence-electron chi connectivity index (χ0n) is 14.5. The highest BCUT2D eigenvalue weighted by Gasteiger charge is 2.25. The third-order valence-electron chi connectivity index (χ3n) is 4.13. The number of anilines is 3. The minimum absolute atomic E-state index is 0.0530. The molecule has 1 aliphatic rings. The first-order valence-corrected chi connectivity index (χ1v) is 8.20. The molecule has 4 N–H and O–H groups in total. The molecule has 9 heteroatoms. The van der Waals surface area contributed by atoms with E-state index in [2.05, 4.69) is 27.2 Å². The molecule has 0 aromatic carbocycles. The van der Waals surface area contributed by atoms with Crippen molar-refractivity contribution in [3.8, 4) is 0 Å². The minimum Gasteiger partial charge on any atom is -0.364 e. The predicted octanol–water partition coefficient (Wildman–Crippen LogP) is 0.856. The molecule has 1 aliphatic heterocycles. The number of hydrogen-bond acceptors (Lipinski definition) is 6. The van der Waals surface area contributed by atoms with Crippen LogP contribution < -0.4 is 16.4 Å². The Morgan fingerprint density at radius 2 is 2.27 bits per heavy atom. The molecular weight excluding hydrogens is 334 g/mol. The Balaban J connectivity index is 1.76. The number of nitrogens with one attached hydrogen (secondary N) is 2. The fraction of sp³-hybridized carbons (Fsp3) is 0.294. The highest BCUT2D eigenvalue weighted by molar-refractivity contribution is 5.96. The monoisotopic (exact) mass is 355 g/mol.